The van der Waals surface area contributed by atoms with E-state index in [1.54, 1.807) is 0 Å². The van der Waals surface area contributed by atoms with Gasteiger partial charge in [0.1, 0.15) is 11.6 Å². The lowest BCUT2D eigenvalue weighted by atomic mass is 9.81. The highest BCUT2D eigenvalue weighted by atomic mass is 35.5. The first-order valence-electron chi connectivity index (χ1n) is 7.24. The van der Waals surface area contributed by atoms with Gasteiger partial charge < -0.3 is 4.74 Å². The minimum atomic E-state index is -4.91. The summed E-state index contributed by atoms with van der Waals surface area (Å²) in [5.74, 6) is -2.69. The standard InChI is InChI=1S/C18H11ClF4O2/c19-12-7-5-11(6-8-12)9-17(18(21,22)23)10-15(25-16(17)24)13-3-1-2-4-14(13)20/h1-8,10H,9H2. The minimum Gasteiger partial charge on any atom is -0.425 e. The highest BCUT2D eigenvalue weighted by molar-refractivity contribution is 6.30. The number of esters is 1. The molecule has 0 fully saturated rings. The molecule has 2 nitrogen and oxygen atoms in total. The molecule has 2 aromatic carbocycles. The molecule has 1 atom stereocenters. The van der Waals surface area contributed by atoms with Crippen LogP contribution in [0.1, 0.15) is 11.1 Å². The summed E-state index contributed by atoms with van der Waals surface area (Å²) in [7, 11) is 0. The molecule has 2 aromatic rings. The molecule has 1 aliphatic rings. The molecule has 0 aliphatic carbocycles. The van der Waals surface area contributed by atoms with Gasteiger partial charge in [-0.15, -0.1) is 0 Å². The number of benzene rings is 2. The molecule has 0 bridgehead atoms. The van der Waals surface area contributed by atoms with Crippen LogP contribution in [-0.4, -0.2) is 12.1 Å². The third-order valence-corrected chi connectivity index (χ3v) is 4.24. The van der Waals surface area contributed by atoms with E-state index in [9.17, 15) is 22.4 Å². The molecule has 7 heteroatoms. The minimum absolute atomic E-state index is 0.196. The number of halogens is 5. The van der Waals surface area contributed by atoms with Crippen molar-refractivity contribution in [2.75, 3.05) is 0 Å². The summed E-state index contributed by atoms with van der Waals surface area (Å²) < 4.78 is 59.9. The molecule has 0 radical (unpaired) electrons. The number of hydrogen-bond acceptors (Lipinski definition) is 2. The lowest BCUT2D eigenvalue weighted by Crippen LogP contribution is -2.43. The summed E-state index contributed by atoms with van der Waals surface area (Å²) >= 11 is 5.73. The summed E-state index contributed by atoms with van der Waals surface area (Å²) in [4.78, 5) is 12.2. The van der Waals surface area contributed by atoms with Gasteiger partial charge >= 0.3 is 12.1 Å². The van der Waals surface area contributed by atoms with Crippen LogP contribution < -0.4 is 0 Å². The van der Waals surface area contributed by atoms with Crippen molar-refractivity contribution >= 4 is 23.3 Å². The van der Waals surface area contributed by atoms with E-state index in [4.69, 9.17) is 16.3 Å². The highest BCUT2D eigenvalue weighted by Gasteiger charge is 2.63. The predicted molar refractivity (Wildman–Crippen MR) is 84.1 cm³/mol. The molecule has 1 aliphatic heterocycles. The fraction of sp³-hybridized carbons (Fsp3) is 0.167. The number of carbonyl (C=O) groups is 1. The quantitative estimate of drug-likeness (QED) is 0.550. The lowest BCUT2D eigenvalue weighted by Gasteiger charge is -2.26. The van der Waals surface area contributed by atoms with Gasteiger partial charge in [0.2, 0.25) is 0 Å². The molecule has 0 aromatic heterocycles. The molecule has 0 saturated carbocycles. The van der Waals surface area contributed by atoms with Crippen molar-refractivity contribution in [3.8, 4) is 0 Å². The topological polar surface area (TPSA) is 26.3 Å². The van der Waals surface area contributed by atoms with E-state index in [0.29, 0.717) is 11.1 Å². The second kappa shape index (κ2) is 6.19. The van der Waals surface area contributed by atoms with E-state index >= 15 is 0 Å². The third-order valence-electron chi connectivity index (χ3n) is 3.99. The van der Waals surface area contributed by atoms with Crippen LogP contribution in [0.5, 0.6) is 0 Å². The number of alkyl halides is 3. The summed E-state index contributed by atoms with van der Waals surface area (Å²) in [5, 5.41) is 0.362. The Labute approximate surface area is 145 Å². The Kier molecular flexibility index (Phi) is 4.33. The van der Waals surface area contributed by atoms with E-state index in [0.717, 1.165) is 6.07 Å². The Bertz CT molecular complexity index is 843. The molecular weight excluding hydrogens is 360 g/mol. The highest BCUT2D eigenvalue weighted by Crippen LogP contribution is 2.49. The van der Waals surface area contributed by atoms with Gasteiger partial charge in [0, 0.05) is 11.4 Å². The molecule has 0 saturated heterocycles. The molecule has 0 N–H and O–H groups in total. The molecule has 1 heterocycles. The first-order valence-corrected chi connectivity index (χ1v) is 7.62. The predicted octanol–water partition coefficient (Wildman–Crippen LogP) is 5.17. The number of hydrogen-bond donors (Lipinski definition) is 0. The van der Waals surface area contributed by atoms with Crippen LogP contribution in [0.25, 0.3) is 5.76 Å². The largest absolute Gasteiger partial charge is 0.425 e. The van der Waals surface area contributed by atoms with Crippen molar-refractivity contribution in [2.45, 2.75) is 12.6 Å². The maximum atomic E-state index is 13.9. The zero-order chi connectivity index (χ0) is 18.2. The van der Waals surface area contributed by atoms with E-state index in [-0.39, 0.29) is 11.1 Å². The maximum Gasteiger partial charge on any atom is 0.408 e. The molecule has 0 amide bonds. The van der Waals surface area contributed by atoms with E-state index in [1.807, 2.05) is 0 Å². The Morgan fingerprint density at radius 3 is 2.28 bits per heavy atom. The van der Waals surface area contributed by atoms with Crippen molar-refractivity contribution in [3.63, 3.8) is 0 Å². The van der Waals surface area contributed by atoms with Crippen LogP contribution in [-0.2, 0) is 16.0 Å². The van der Waals surface area contributed by atoms with Gasteiger partial charge in [-0.25, -0.2) is 4.39 Å². The Balaban J connectivity index is 2.07. The van der Waals surface area contributed by atoms with Crippen molar-refractivity contribution in [1.82, 2.24) is 0 Å². The SMILES string of the molecule is O=C1OC(c2ccccc2F)=CC1(Cc1ccc(Cl)cc1)C(F)(F)F. The van der Waals surface area contributed by atoms with E-state index in [1.165, 1.54) is 42.5 Å². The van der Waals surface area contributed by atoms with Crippen molar-refractivity contribution in [2.24, 2.45) is 5.41 Å². The van der Waals surface area contributed by atoms with Gasteiger partial charge in [-0.1, -0.05) is 35.9 Å². The van der Waals surface area contributed by atoms with Crippen LogP contribution in [0.4, 0.5) is 17.6 Å². The number of rotatable bonds is 3. The average molecular weight is 371 g/mol. The van der Waals surface area contributed by atoms with Gasteiger partial charge in [0.25, 0.3) is 0 Å². The Hall–Kier alpha value is -2.34. The summed E-state index contributed by atoms with van der Waals surface area (Å²) in [5.41, 5.74) is -2.82. The lowest BCUT2D eigenvalue weighted by molar-refractivity contribution is -0.212. The third kappa shape index (κ3) is 3.14. The van der Waals surface area contributed by atoms with Crippen LogP contribution in [0.15, 0.2) is 54.6 Å². The second-order valence-electron chi connectivity index (χ2n) is 5.65. The van der Waals surface area contributed by atoms with Gasteiger partial charge in [0.15, 0.2) is 5.41 Å². The second-order valence-corrected chi connectivity index (χ2v) is 6.09. The molecule has 0 spiro atoms. The fourth-order valence-electron chi connectivity index (χ4n) is 2.64. The van der Waals surface area contributed by atoms with Crippen LogP contribution in [0.2, 0.25) is 5.02 Å². The zero-order valence-electron chi connectivity index (χ0n) is 12.6. The molecule has 130 valence electrons. The van der Waals surface area contributed by atoms with E-state index < -0.39 is 35.6 Å². The summed E-state index contributed by atoms with van der Waals surface area (Å²) in [6.45, 7) is 0. The zero-order valence-corrected chi connectivity index (χ0v) is 13.4. The smallest absolute Gasteiger partial charge is 0.408 e. The maximum absolute atomic E-state index is 13.9. The number of cyclic esters (lactones) is 1. The van der Waals surface area contributed by atoms with Gasteiger partial charge in [-0.2, -0.15) is 13.2 Å². The van der Waals surface area contributed by atoms with Crippen LogP contribution >= 0.6 is 11.6 Å². The monoisotopic (exact) mass is 370 g/mol. The number of ether oxygens (including phenoxy) is 1. The van der Waals surface area contributed by atoms with Gasteiger partial charge in [0.05, 0.1) is 5.56 Å². The fourth-order valence-corrected chi connectivity index (χ4v) is 2.77. The Morgan fingerprint density at radius 2 is 1.68 bits per heavy atom. The van der Waals surface area contributed by atoms with Crippen molar-refractivity contribution < 1.29 is 27.1 Å². The first-order chi connectivity index (χ1) is 11.7. The summed E-state index contributed by atoms with van der Waals surface area (Å²) in [6, 6.07) is 10.8. The molecule has 1 unspecified atom stereocenters. The number of carbonyl (C=O) groups excluding carboxylic acids is 1. The van der Waals surface area contributed by atoms with Crippen molar-refractivity contribution in [3.05, 3.63) is 76.6 Å². The van der Waals surface area contributed by atoms with E-state index in [2.05, 4.69) is 0 Å². The average Bonchev–Trinajstić information content (AvgIpc) is 2.87. The van der Waals surface area contributed by atoms with Crippen LogP contribution in [0.3, 0.4) is 0 Å². The van der Waals surface area contributed by atoms with Gasteiger partial charge in [-0.05, 0) is 35.9 Å². The van der Waals surface area contributed by atoms with Crippen molar-refractivity contribution in [1.29, 1.82) is 0 Å². The molecule has 3 rings (SSSR count). The molecule has 25 heavy (non-hydrogen) atoms. The summed E-state index contributed by atoms with van der Waals surface area (Å²) in [6.07, 6.45) is -4.91. The van der Waals surface area contributed by atoms with Crippen LogP contribution in [0, 0.1) is 11.2 Å². The van der Waals surface area contributed by atoms with Gasteiger partial charge in [-0.3, -0.25) is 4.79 Å². The molecular formula is C18H11ClF4O2. The Morgan fingerprint density at radius 1 is 1.04 bits per heavy atom. The normalized spacial score (nSPS) is 20.4. The first kappa shape index (κ1) is 17.5.